The third kappa shape index (κ3) is 4.41. The summed E-state index contributed by atoms with van der Waals surface area (Å²) in [6.07, 6.45) is 4.73. The summed E-state index contributed by atoms with van der Waals surface area (Å²) in [4.78, 5) is 17.8. The van der Waals surface area contributed by atoms with E-state index in [0.717, 1.165) is 40.6 Å². The second-order valence-electron chi connectivity index (χ2n) is 8.53. The van der Waals surface area contributed by atoms with Crippen LogP contribution in [0.25, 0.3) is 10.9 Å². The molecular weight excluding hydrogens is 466 g/mol. The molecule has 1 saturated heterocycles. The molecule has 0 bridgehead atoms. The van der Waals surface area contributed by atoms with Crippen molar-refractivity contribution in [1.82, 2.24) is 14.6 Å². The molecular formula is C26H27N3O3S2. The zero-order valence-corrected chi connectivity index (χ0v) is 20.4. The highest BCUT2D eigenvalue weighted by Crippen LogP contribution is 2.33. The largest absolute Gasteiger partial charge is 0.361 e. The van der Waals surface area contributed by atoms with Crippen molar-refractivity contribution < 1.29 is 13.2 Å². The minimum atomic E-state index is -3.72. The van der Waals surface area contributed by atoms with Gasteiger partial charge in [0.25, 0.3) is 5.91 Å². The molecule has 0 radical (unpaired) electrons. The Labute approximate surface area is 203 Å². The molecule has 8 heteroatoms. The smallest absolute Gasteiger partial charge is 0.252 e. The molecule has 2 aromatic carbocycles. The fourth-order valence-electron chi connectivity index (χ4n) is 4.65. The Bertz CT molecular complexity index is 1390. The normalized spacial score (nSPS) is 15.9. The van der Waals surface area contributed by atoms with E-state index in [9.17, 15) is 13.2 Å². The summed E-state index contributed by atoms with van der Waals surface area (Å²) in [5, 5.41) is 6.17. The third-order valence-electron chi connectivity index (χ3n) is 6.41. The van der Waals surface area contributed by atoms with Gasteiger partial charge in [-0.15, -0.1) is 11.3 Å². The maximum Gasteiger partial charge on any atom is 0.252 e. The van der Waals surface area contributed by atoms with E-state index in [1.54, 1.807) is 29.5 Å². The summed E-state index contributed by atoms with van der Waals surface area (Å²) in [5.41, 5.74) is 2.34. The molecule has 0 saturated carbocycles. The van der Waals surface area contributed by atoms with Crippen LogP contribution in [-0.2, 0) is 10.0 Å². The van der Waals surface area contributed by atoms with Gasteiger partial charge in [-0.2, -0.15) is 4.31 Å². The predicted molar refractivity (Wildman–Crippen MR) is 136 cm³/mol. The van der Waals surface area contributed by atoms with Gasteiger partial charge in [-0.25, -0.2) is 8.42 Å². The molecule has 1 fully saturated rings. The lowest BCUT2D eigenvalue weighted by molar-refractivity contribution is 0.0949. The number of rotatable bonds is 7. The molecule has 1 amide bonds. The topological polar surface area (TPSA) is 82.3 Å². The van der Waals surface area contributed by atoms with E-state index in [0.29, 0.717) is 19.6 Å². The maximum atomic E-state index is 13.3. The number of carbonyl (C=O) groups is 1. The molecule has 1 aliphatic heterocycles. The molecule has 34 heavy (non-hydrogen) atoms. The Morgan fingerprint density at radius 1 is 1.00 bits per heavy atom. The Kier molecular flexibility index (Phi) is 6.54. The summed E-state index contributed by atoms with van der Waals surface area (Å²) in [7, 11) is -3.72. The Hall–Kier alpha value is -2.94. The van der Waals surface area contributed by atoms with Gasteiger partial charge in [-0.3, -0.25) is 4.79 Å². The van der Waals surface area contributed by atoms with Crippen molar-refractivity contribution in [3.63, 3.8) is 0 Å². The van der Waals surface area contributed by atoms with Crippen molar-refractivity contribution in [3.05, 3.63) is 88.2 Å². The third-order valence-corrected chi connectivity index (χ3v) is 9.36. The van der Waals surface area contributed by atoms with Gasteiger partial charge in [-0.05, 0) is 48.1 Å². The quantitative estimate of drug-likeness (QED) is 0.382. The van der Waals surface area contributed by atoms with Gasteiger partial charge in [0.05, 0.1) is 10.5 Å². The van der Waals surface area contributed by atoms with Gasteiger partial charge in [0, 0.05) is 47.5 Å². The van der Waals surface area contributed by atoms with Crippen LogP contribution in [0.5, 0.6) is 0 Å². The number of aromatic amines is 1. The second-order valence-corrected chi connectivity index (χ2v) is 11.4. The van der Waals surface area contributed by atoms with Crippen LogP contribution < -0.4 is 5.32 Å². The molecule has 1 unspecified atom stereocenters. The van der Waals surface area contributed by atoms with Gasteiger partial charge < -0.3 is 10.3 Å². The predicted octanol–water partition coefficient (Wildman–Crippen LogP) is 4.97. The zero-order valence-electron chi connectivity index (χ0n) is 18.7. The average Bonchev–Trinajstić information content (AvgIpc) is 3.56. The lowest BCUT2D eigenvalue weighted by Crippen LogP contribution is -2.37. The number of nitrogens with one attached hydrogen (secondary N) is 2. The number of sulfonamides is 1. The van der Waals surface area contributed by atoms with Gasteiger partial charge in [0.1, 0.15) is 0 Å². The lowest BCUT2D eigenvalue weighted by Gasteiger charge is -2.26. The first-order chi connectivity index (χ1) is 16.6. The molecule has 0 aliphatic carbocycles. The standard InChI is InChI=1S/C26H27N3O3S2/c30-26(20-10-3-5-13-25(20)34(31,32)29-14-6-1-7-15-29)28-18-22(24-12-8-16-33-24)21-17-27-23-11-4-2-9-19(21)23/h2-5,8-13,16-17,22,27H,1,6-7,14-15,18H2,(H,28,30). The lowest BCUT2D eigenvalue weighted by atomic mass is 9.96. The van der Waals surface area contributed by atoms with Crippen molar-refractivity contribution in [3.8, 4) is 0 Å². The van der Waals surface area contributed by atoms with E-state index in [4.69, 9.17) is 0 Å². The number of piperidine rings is 1. The van der Waals surface area contributed by atoms with Gasteiger partial charge in [-0.1, -0.05) is 42.8 Å². The van der Waals surface area contributed by atoms with Crippen LogP contribution in [0.3, 0.4) is 0 Å². The first kappa shape index (κ1) is 22.8. The summed E-state index contributed by atoms with van der Waals surface area (Å²) >= 11 is 1.64. The van der Waals surface area contributed by atoms with E-state index in [1.807, 2.05) is 35.8 Å². The number of hydrogen-bond donors (Lipinski definition) is 2. The number of aromatic nitrogens is 1. The van der Waals surface area contributed by atoms with E-state index < -0.39 is 10.0 Å². The summed E-state index contributed by atoms with van der Waals surface area (Å²) < 4.78 is 28.1. The molecule has 176 valence electrons. The maximum absolute atomic E-state index is 13.3. The number of thiophene rings is 1. The SMILES string of the molecule is O=C(NCC(c1cccs1)c1c[nH]c2ccccc12)c1ccccc1S(=O)(=O)N1CCCCC1. The molecule has 1 aliphatic rings. The number of fused-ring (bicyclic) bond motifs is 1. The number of hydrogen-bond acceptors (Lipinski definition) is 4. The van der Waals surface area contributed by atoms with Crippen LogP contribution in [0.15, 0.2) is 77.1 Å². The molecule has 4 aromatic rings. The van der Waals surface area contributed by atoms with Crippen LogP contribution in [0.1, 0.15) is 46.0 Å². The highest BCUT2D eigenvalue weighted by atomic mass is 32.2. The van der Waals surface area contributed by atoms with Gasteiger partial charge in [0.2, 0.25) is 10.0 Å². The van der Waals surface area contributed by atoms with Crippen molar-refractivity contribution in [2.24, 2.45) is 0 Å². The van der Waals surface area contributed by atoms with Crippen molar-refractivity contribution >= 4 is 38.2 Å². The number of amides is 1. The summed E-state index contributed by atoms with van der Waals surface area (Å²) in [5.74, 6) is -0.427. The molecule has 6 nitrogen and oxygen atoms in total. The van der Waals surface area contributed by atoms with Crippen LogP contribution in [0.2, 0.25) is 0 Å². The number of nitrogens with zero attached hydrogens (tertiary/aromatic N) is 1. The average molecular weight is 494 g/mol. The Morgan fingerprint density at radius 2 is 1.76 bits per heavy atom. The number of H-pyrrole nitrogens is 1. The van der Waals surface area contributed by atoms with Crippen LogP contribution in [-0.4, -0.2) is 43.2 Å². The minimum Gasteiger partial charge on any atom is -0.361 e. The van der Waals surface area contributed by atoms with E-state index in [2.05, 4.69) is 22.4 Å². The number of carbonyl (C=O) groups excluding carboxylic acids is 1. The fourth-order valence-corrected chi connectivity index (χ4v) is 7.20. The van der Waals surface area contributed by atoms with Gasteiger partial charge in [0.15, 0.2) is 0 Å². The first-order valence-electron chi connectivity index (χ1n) is 11.5. The highest BCUT2D eigenvalue weighted by molar-refractivity contribution is 7.89. The highest BCUT2D eigenvalue weighted by Gasteiger charge is 2.30. The summed E-state index contributed by atoms with van der Waals surface area (Å²) in [6, 6.07) is 18.7. The molecule has 0 spiro atoms. The van der Waals surface area contributed by atoms with Crippen LogP contribution in [0.4, 0.5) is 0 Å². The monoisotopic (exact) mass is 493 g/mol. The molecule has 1 atom stereocenters. The Morgan fingerprint density at radius 3 is 2.56 bits per heavy atom. The van der Waals surface area contributed by atoms with E-state index in [-0.39, 0.29) is 22.3 Å². The van der Waals surface area contributed by atoms with Crippen molar-refractivity contribution in [2.45, 2.75) is 30.1 Å². The second kappa shape index (κ2) is 9.74. The number of benzene rings is 2. The minimum absolute atomic E-state index is 0.0500. The van der Waals surface area contributed by atoms with Crippen molar-refractivity contribution in [2.75, 3.05) is 19.6 Å². The van der Waals surface area contributed by atoms with Crippen LogP contribution >= 0.6 is 11.3 Å². The molecule has 2 N–H and O–H groups in total. The Balaban J connectivity index is 1.42. The number of para-hydroxylation sites is 1. The van der Waals surface area contributed by atoms with Crippen LogP contribution in [0, 0.1) is 0 Å². The van der Waals surface area contributed by atoms with E-state index >= 15 is 0 Å². The summed E-state index contributed by atoms with van der Waals surface area (Å²) in [6.45, 7) is 1.36. The first-order valence-corrected chi connectivity index (χ1v) is 13.8. The van der Waals surface area contributed by atoms with Crippen molar-refractivity contribution in [1.29, 1.82) is 0 Å². The molecule has 2 aromatic heterocycles. The molecule has 3 heterocycles. The van der Waals surface area contributed by atoms with E-state index in [1.165, 1.54) is 10.4 Å². The molecule has 5 rings (SSSR count). The van der Waals surface area contributed by atoms with Gasteiger partial charge >= 0.3 is 0 Å². The zero-order chi connectivity index (χ0) is 23.5. The fraction of sp³-hybridized carbons (Fsp3) is 0.269.